The molecule has 122 valence electrons. The third kappa shape index (κ3) is 2.34. The second kappa shape index (κ2) is 5.84. The van der Waals surface area contributed by atoms with Gasteiger partial charge in [0, 0.05) is 43.8 Å². The van der Waals surface area contributed by atoms with Crippen molar-refractivity contribution in [3.05, 3.63) is 30.3 Å². The summed E-state index contributed by atoms with van der Waals surface area (Å²) in [7, 11) is 0. The summed E-state index contributed by atoms with van der Waals surface area (Å²) in [5.41, 5.74) is 0.0680. The van der Waals surface area contributed by atoms with Crippen LogP contribution in [0.3, 0.4) is 0 Å². The van der Waals surface area contributed by atoms with Gasteiger partial charge in [-0.1, -0.05) is 32.0 Å². The van der Waals surface area contributed by atoms with Gasteiger partial charge in [-0.25, -0.2) is 0 Å². The van der Waals surface area contributed by atoms with E-state index in [1.807, 2.05) is 6.07 Å². The molecule has 0 amide bonds. The number of anilines is 1. The zero-order chi connectivity index (χ0) is 15.8. The number of aliphatic hydroxyl groups excluding tert-OH is 1. The second-order valence-electron chi connectivity index (χ2n) is 6.79. The number of nitrogens with zero attached hydrogens (tertiary/aromatic N) is 2. The molecule has 2 aliphatic rings. The van der Waals surface area contributed by atoms with Crippen LogP contribution in [0.1, 0.15) is 26.7 Å². The lowest BCUT2D eigenvalue weighted by atomic mass is 9.94. The molecule has 2 N–H and O–H groups in total. The fourth-order valence-corrected chi connectivity index (χ4v) is 4.26. The van der Waals surface area contributed by atoms with Crippen LogP contribution in [-0.2, 0) is 0 Å². The van der Waals surface area contributed by atoms with E-state index in [9.17, 15) is 10.2 Å². The van der Waals surface area contributed by atoms with Crippen molar-refractivity contribution in [2.75, 3.05) is 37.6 Å². The minimum Gasteiger partial charge on any atom is -0.389 e. The van der Waals surface area contributed by atoms with E-state index < -0.39 is 11.7 Å². The molecule has 1 saturated heterocycles. The highest BCUT2D eigenvalue weighted by Gasteiger charge is 2.74. The first-order valence-corrected chi connectivity index (χ1v) is 8.50. The fourth-order valence-electron chi connectivity index (χ4n) is 4.26. The summed E-state index contributed by atoms with van der Waals surface area (Å²) < 4.78 is 0. The van der Waals surface area contributed by atoms with Crippen LogP contribution in [0.5, 0.6) is 0 Å². The molecule has 2 fully saturated rings. The third-order valence-corrected chi connectivity index (χ3v) is 5.97. The highest BCUT2D eigenvalue weighted by Crippen LogP contribution is 2.61. The lowest BCUT2D eigenvalue weighted by Crippen LogP contribution is -2.50. The van der Waals surface area contributed by atoms with Crippen LogP contribution in [0.15, 0.2) is 30.3 Å². The first-order chi connectivity index (χ1) is 10.6. The summed E-state index contributed by atoms with van der Waals surface area (Å²) >= 11 is 0. The highest BCUT2D eigenvalue weighted by molar-refractivity contribution is 5.46. The summed E-state index contributed by atoms with van der Waals surface area (Å²) in [5, 5.41) is 21.1. The number of benzene rings is 1. The standard InChI is InChI=1S/C18H28N2O2/c1-3-17(4-2)16(21)18(17,22)14-19-10-12-20(13-11-19)15-8-6-5-7-9-15/h5-9,16,21-22H,3-4,10-14H2,1-2H3/t16?,18-/m0/s1. The summed E-state index contributed by atoms with van der Waals surface area (Å²) in [6, 6.07) is 10.5. The van der Waals surface area contributed by atoms with Crippen molar-refractivity contribution >= 4 is 5.69 Å². The lowest BCUT2D eigenvalue weighted by molar-refractivity contribution is 0.0312. The highest BCUT2D eigenvalue weighted by atomic mass is 16.4. The monoisotopic (exact) mass is 304 g/mol. The molecule has 1 unspecified atom stereocenters. The molecule has 1 heterocycles. The zero-order valence-corrected chi connectivity index (χ0v) is 13.7. The normalized spacial score (nSPS) is 31.3. The number of hydrogen-bond donors (Lipinski definition) is 2. The first-order valence-electron chi connectivity index (χ1n) is 8.50. The second-order valence-corrected chi connectivity index (χ2v) is 6.79. The van der Waals surface area contributed by atoms with Crippen molar-refractivity contribution in [1.82, 2.24) is 4.90 Å². The molecule has 1 aliphatic heterocycles. The van der Waals surface area contributed by atoms with Crippen molar-refractivity contribution < 1.29 is 10.2 Å². The number of aliphatic hydroxyl groups is 2. The number of β-amino-alcohol motifs (C(OH)–C–C–N with tert-alkyl or cyclic N) is 1. The molecule has 2 atom stereocenters. The molecule has 0 radical (unpaired) electrons. The maximum Gasteiger partial charge on any atom is 0.112 e. The topological polar surface area (TPSA) is 46.9 Å². The van der Waals surface area contributed by atoms with Gasteiger partial charge < -0.3 is 15.1 Å². The molecule has 0 aromatic heterocycles. The van der Waals surface area contributed by atoms with E-state index in [4.69, 9.17) is 0 Å². The van der Waals surface area contributed by atoms with Crippen LogP contribution in [0.4, 0.5) is 5.69 Å². The molecule has 0 spiro atoms. The van der Waals surface area contributed by atoms with Gasteiger partial charge in [-0.15, -0.1) is 0 Å². The first kappa shape index (κ1) is 15.8. The van der Waals surface area contributed by atoms with E-state index in [0.29, 0.717) is 6.54 Å². The quantitative estimate of drug-likeness (QED) is 0.869. The Morgan fingerprint density at radius 3 is 2.14 bits per heavy atom. The number of hydrogen-bond acceptors (Lipinski definition) is 4. The molecule has 1 aliphatic carbocycles. The van der Waals surface area contributed by atoms with Gasteiger partial charge in [0.15, 0.2) is 0 Å². The van der Waals surface area contributed by atoms with Crippen molar-refractivity contribution in [3.8, 4) is 0 Å². The van der Waals surface area contributed by atoms with Gasteiger partial charge in [0.1, 0.15) is 5.60 Å². The van der Waals surface area contributed by atoms with Crippen LogP contribution in [0.25, 0.3) is 0 Å². The summed E-state index contributed by atoms with van der Waals surface area (Å²) in [5.74, 6) is 0. The smallest absolute Gasteiger partial charge is 0.112 e. The summed E-state index contributed by atoms with van der Waals surface area (Å²) in [6.45, 7) is 8.55. The maximum atomic E-state index is 10.8. The fraction of sp³-hybridized carbons (Fsp3) is 0.667. The van der Waals surface area contributed by atoms with Crippen LogP contribution >= 0.6 is 0 Å². The molecular formula is C18H28N2O2. The predicted octanol–water partition coefficient (Wildman–Crippen LogP) is 1.72. The Kier molecular flexibility index (Phi) is 4.19. The Labute approximate surface area is 133 Å². The van der Waals surface area contributed by atoms with Gasteiger partial charge in [-0.05, 0) is 25.0 Å². The SMILES string of the molecule is CCC1(CC)C(O)[C@@]1(O)CN1CCN(c2ccccc2)CC1. The van der Waals surface area contributed by atoms with Crippen LogP contribution in [0.2, 0.25) is 0 Å². The van der Waals surface area contributed by atoms with Gasteiger partial charge >= 0.3 is 0 Å². The lowest BCUT2D eigenvalue weighted by Gasteiger charge is -2.37. The van der Waals surface area contributed by atoms with E-state index in [1.165, 1.54) is 5.69 Å². The van der Waals surface area contributed by atoms with Crippen LogP contribution in [-0.4, -0.2) is 59.5 Å². The number of piperazine rings is 1. The van der Waals surface area contributed by atoms with Crippen molar-refractivity contribution in [3.63, 3.8) is 0 Å². The molecule has 1 aromatic carbocycles. The maximum absolute atomic E-state index is 10.8. The Bertz CT molecular complexity index is 495. The van der Waals surface area contributed by atoms with Crippen LogP contribution in [0, 0.1) is 5.41 Å². The zero-order valence-electron chi connectivity index (χ0n) is 13.7. The Morgan fingerprint density at radius 2 is 1.64 bits per heavy atom. The molecule has 4 nitrogen and oxygen atoms in total. The summed E-state index contributed by atoms with van der Waals surface area (Å²) in [6.07, 6.45) is 1.11. The van der Waals surface area contributed by atoms with Crippen molar-refractivity contribution in [1.29, 1.82) is 0 Å². The predicted molar refractivity (Wildman–Crippen MR) is 89.1 cm³/mol. The van der Waals surface area contributed by atoms with Crippen molar-refractivity contribution in [2.45, 2.75) is 38.4 Å². The minimum absolute atomic E-state index is 0.288. The average molecular weight is 304 g/mol. The van der Waals surface area contributed by atoms with E-state index in [-0.39, 0.29) is 5.41 Å². The van der Waals surface area contributed by atoms with E-state index >= 15 is 0 Å². The largest absolute Gasteiger partial charge is 0.389 e. The average Bonchev–Trinajstić information content (AvgIpc) is 3.03. The molecule has 1 aromatic rings. The Morgan fingerprint density at radius 1 is 1.05 bits per heavy atom. The molecule has 4 heteroatoms. The van der Waals surface area contributed by atoms with Gasteiger partial charge in [-0.2, -0.15) is 0 Å². The van der Waals surface area contributed by atoms with E-state index in [1.54, 1.807) is 0 Å². The minimum atomic E-state index is -0.911. The third-order valence-electron chi connectivity index (χ3n) is 5.97. The number of rotatable bonds is 5. The Balaban J connectivity index is 1.57. The molecular weight excluding hydrogens is 276 g/mol. The van der Waals surface area contributed by atoms with Crippen LogP contribution < -0.4 is 4.90 Å². The van der Waals surface area contributed by atoms with E-state index in [2.05, 4.69) is 47.9 Å². The van der Waals surface area contributed by atoms with Gasteiger partial charge in [-0.3, -0.25) is 4.90 Å². The molecule has 0 bridgehead atoms. The summed E-state index contributed by atoms with van der Waals surface area (Å²) in [4.78, 5) is 4.69. The molecule has 22 heavy (non-hydrogen) atoms. The number of para-hydroxylation sites is 1. The molecule has 1 saturated carbocycles. The van der Waals surface area contributed by atoms with Gasteiger partial charge in [0.2, 0.25) is 0 Å². The molecule has 3 rings (SSSR count). The van der Waals surface area contributed by atoms with E-state index in [0.717, 1.165) is 39.0 Å². The Hall–Kier alpha value is -1.10. The van der Waals surface area contributed by atoms with Crippen molar-refractivity contribution in [2.24, 2.45) is 5.41 Å². The van der Waals surface area contributed by atoms with Gasteiger partial charge in [0.25, 0.3) is 0 Å². The van der Waals surface area contributed by atoms with Gasteiger partial charge in [0.05, 0.1) is 6.10 Å².